The van der Waals surface area contributed by atoms with Gasteiger partial charge in [0.05, 0.1) is 29.4 Å². The summed E-state index contributed by atoms with van der Waals surface area (Å²) in [5, 5.41) is 13.6. The fourth-order valence-electron chi connectivity index (χ4n) is 1.94. The molecule has 0 unspecified atom stereocenters. The van der Waals surface area contributed by atoms with E-state index in [1.807, 2.05) is 24.4 Å². The van der Waals surface area contributed by atoms with Crippen LogP contribution in [0.4, 0.5) is 0 Å². The highest BCUT2D eigenvalue weighted by molar-refractivity contribution is 7.09. The molecule has 6 nitrogen and oxygen atoms in total. The Morgan fingerprint density at radius 2 is 2.40 bits per heavy atom. The van der Waals surface area contributed by atoms with E-state index in [1.165, 1.54) is 0 Å². The smallest absolute Gasteiger partial charge is 0.226 e. The minimum atomic E-state index is -0.0538. The summed E-state index contributed by atoms with van der Waals surface area (Å²) in [5.41, 5.74) is 2.32. The third-order valence-corrected chi connectivity index (χ3v) is 3.70. The Morgan fingerprint density at radius 1 is 1.50 bits per heavy atom. The number of amides is 1. The van der Waals surface area contributed by atoms with Crippen LogP contribution in [0.1, 0.15) is 16.4 Å². The molecule has 0 saturated carbocycles. The quantitative estimate of drug-likeness (QED) is 0.763. The number of pyridine rings is 1. The van der Waals surface area contributed by atoms with Gasteiger partial charge in [0, 0.05) is 17.0 Å². The summed E-state index contributed by atoms with van der Waals surface area (Å²) in [5.74, 6) is -0.0538. The third kappa shape index (κ3) is 2.67. The van der Waals surface area contributed by atoms with Crippen LogP contribution >= 0.6 is 11.3 Å². The molecule has 0 aliphatic heterocycles. The monoisotopic (exact) mass is 287 g/mol. The van der Waals surface area contributed by atoms with Crippen molar-refractivity contribution >= 4 is 28.3 Å². The van der Waals surface area contributed by atoms with Crippen LogP contribution in [0.15, 0.2) is 23.7 Å². The van der Waals surface area contributed by atoms with Gasteiger partial charge in [-0.15, -0.1) is 11.3 Å². The number of aromatic nitrogens is 4. The number of fused-ring (bicyclic) bond motifs is 1. The normalized spacial score (nSPS) is 10.8. The van der Waals surface area contributed by atoms with Gasteiger partial charge in [-0.1, -0.05) is 0 Å². The third-order valence-electron chi connectivity index (χ3n) is 2.88. The molecule has 0 fully saturated rings. The number of carbonyl (C=O) groups is 1. The average Bonchev–Trinajstić information content (AvgIpc) is 3.03. The number of rotatable bonds is 4. The number of thiazole rings is 1. The van der Waals surface area contributed by atoms with E-state index in [2.05, 4.69) is 25.5 Å². The highest BCUT2D eigenvalue weighted by atomic mass is 32.1. The fraction of sp³-hybridized carbons (Fsp3) is 0.231. The van der Waals surface area contributed by atoms with Gasteiger partial charge in [-0.2, -0.15) is 5.10 Å². The maximum Gasteiger partial charge on any atom is 0.226 e. The van der Waals surface area contributed by atoms with E-state index in [4.69, 9.17) is 0 Å². The zero-order chi connectivity index (χ0) is 13.9. The van der Waals surface area contributed by atoms with Crippen LogP contribution in [-0.2, 0) is 17.8 Å². The summed E-state index contributed by atoms with van der Waals surface area (Å²) < 4.78 is 0. The molecule has 0 radical (unpaired) electrons. The number of aromatic amines is 1. The van der Waals surface area contributed by atoms with Crippen molar-refractivity contribution < 1.29 is 4.79 Å². The Labute approximate surface area is 119 Å². The second kappa shape index (κ2) is 5.38. The number of aryl methyl sites for hydroxylation is 1. The van der Waals surface area contributed by atoms with Crippen molar-refractivity contribution in [3.8, 4) is 0 Å². The predicted molar refractivity (Wildman–Crippen MR) is 76.3 cm³/mol. The van der Waals surface area contributed by atoms with Crippen LogP contribution in [0.2, 0.25) is 0 Å². The molecule has 1 amide bonds. The van der Waals surface area contributed by atoms with Crippen LogP contribution in [-0.4, -0.2) is 26.1 Å². The summed E-state index contributed by atoms with van der Waals surface area (Å²) in [6, 6.07) is 3.78. The van der Waals surface area contributed by atoms with Gasteiger partial charge in [0.2, 0.25) is 5.91 Å². The van der Waals surface area contributed by atoms with E-state index in [9.17, 15) is 4.79 Å². The molecule has 0 aliphatic rings. The lowest BCUT2D eigenvalue weighted by Gasteiger charge is -2.02. The van der Waals surface area contributed by atoms with Crippen molar-refractivity contribution in [2.75, 3.05) is 0 Å². The Bertz CT molecular complexity index is 748. The molecule has 2 N–H and O–H groups in total. The van der Waals surface area contributed by atoms with Crippen LogP contribution in [0.3, 0.4) is 0 Å². The molecule has 3 heterocycles. The predicted octanol–water partition coefficient (Wildman–Crippen LogP) is 1.58. The molecular formula is C13H13N5OS. The summed E-state index contributed by atoms with van der Waals surface area (Å²) >= 11 is 1.55. The maximum atomic E-state index is 11.9. The molecule has 0 aromatic carbocycles. The molecule has 0 saturated heterocycles. The Morgan fingerprint density at radius 3 is 3.20 bits per heavy atom. The van der Waals surface area contributed by atoms with E-state index < -0.39 is 0 Å². The molecule has 3 rings (SSSR count). The highest BCUT2D eigenvalue weighted by Gasteiger charge is 2.09. The van der Waals surface area contributed by atoms with Gasteiger partial charge in [0.25, 0.3) is 0 Å². The van der Waals surface area contributed by atoms with E-state index in [0.29, 0.717) is 18.6 Å². The second-order valence-electron chi connectivity index (χ2n) is 4.39. The summed E-state index contributed by atoms with van der Waals surface area (Å²) in [4.78, 5) is 20.3. The second-order valence-corrected chi connectivity index (χ2v) is 5.45. The molecule has 0 spiro atoms. The molecular weight excluding hydrogens is 274 g/mol. The van der Waals surface area contributed by atoms with Gasteiger partial charge in [-0.25, -0.2) is 9.97 Å². The van der Waals surface area contributed by atoms with Crippen LogP contribution in [0.5, 0.6) is 0 Å². The van der Waals surface area contributed by atoms with Crippen LogP contribution < -0.4 is 5.32 Å². The first-order chi connectivity index (χ1) is 9.72. The lowest BCUT2D eigenvalue weighted by atomic mass is 10.2. The largest absolute Gasteiger partial charge is 0.350 e. The molecule has 3 aromatic rings. The number of hydrogen-bond acceptors (Lipinski definition) is 5. The summed E-state index contributed by atoms with van der Waals surface area (Å²) in [6.45, 7) is 2.33. The zero-order valence-corrected chi connectivity index (χ0v) is 11.7. The Kier molecular flexibility index (Phi) is 3.42. The zero-order valence-electron chi connectivity index (χ0n) is 10.9. The molecule has 7 heteroatoms. The first-order valence-electron chi connectivity index (χ1n) is 6.18. The highest BCUT2D eigenvalue weighted by Crippen LogP contribution is 2.12. The van der Waals surface area contributed by atoms with Crippen molar-refractivity contribution in [2.24, 2.45) is 0 Å². The minimum Gasteiger partial charge on any atom is -0.350 e. The summed E-state index contributed by atoms with van der Waals surface area (Å²) in [6.07, 6.45) is 1.99. The number of nitrogens with zero attached hydrogens (tertiary/aromatic N) is 3. The standard InChI is InChI=1S/C13H13N5OS/c1-8-16-9(7-20-8)5-12(19)15-6-11-10-3-2-4-14-13(10)18-17-11/h2-4,7H,5-6H2,1H3,(H,15,19)(H,14,17,18). The summed E-state index contributed by atoms with van der Waals surface area (Å²) in [7, 11) is 0. The van der Waals surface area contributed by atoms with Crippen LogP contribution in [0, 0.1) is 6.92 Å². The lowest BCUT2D eigenvalue weighted by molar-refractivity contribution is -0.120. The first kappa shape index (κ1) is 12.7. The van der Waals surface area contributed by atoms with Crippen molar-refractivity contribution in [1.82, 2.24) is 25.5 Å². The van der Waals surface area contributed by atoms with Gasteiger partial charge >= 0.3 is 0 Å². The van der Waals surface area contributed by atoms with Crippen molar-refractivity contribution in [3.05, 3.63) is 40.1 Å². The van der Waals surface area contributed by atoms with Crippen molar-refractivity contribution in [3.63, 3.8) is 0 Å². The molecule has 0 bridgehead atoms. The fourth-order valence-corrected chi connectivity index (χ4v) is 2.55. The Balaban J connectivity index is 1.63. The van der Waals surface area contributed by atoms with Gasteiger partial charge in [-0.05, 0) is 19.1 Å². The topological polar surface area (TPSA) is 83.6 Å². The van der Waals surface area contributed by atoms with Crippen LogP contribution in [0.25, 0.3) is 11.0 Å². The van der Waals surface area contributed by atoms with Gasteiger partial charge in [0.1, 0.15) is 0 Å². The van der Waals surface area contributed by atoms with E-state index >= 15 is 0 Å². The minimum absolute atomic E-state index is 0.0538. The Hall–Kier alpha value is -2.28. The molecule has 102 valence electrons. The van der Waals surface area contributed by atoms with Gasteiger partial charge in [-0.3, -0.25) is 9.89 Å². The van der Waals surface area contributed by atoms with E-state index in [0.717, 1.165) is 21.8 Å². The lowest BCUT2D eigenvalue weighted by Crippen LogP contribution is -2.24. The molecule has 20 heavy (non-hydrogen) atoms. The van der Waals surface area contributed by atoms with Gasteiger partial charge in [0.15, 0.2) is 5.65 Å². The molecule has 0 atom stereocenters. The molecule has 0 aliphatic carbocycles. The van der Waals surface area contributed by atoms with E-state index in [-0.39, 0.29) is 5.91 Å². The average molecular weight is 287 g/mol. The maximum absolute atomic E-state index is 11.9. The van der Waals surface area contributed by atoms with Crippen molar-refractivity contribution in [1.29, 1.82) is 0 Å². The van der Waals surface area contributed by atoms with Crippen molar-refractivity contribution in [2.45, 2.75) is 19.9 Å². The first-order valence-corrected chi connectivity index (χ1v) is 7.06. The SMILES string of the molecule is Cc1nc(CC(=O)NCc2[nH]nc3ncccc23)cs1. The number of carbonyl (C=O) groups excluding carboxylic acids is 1. The number of nitrogens with one attached hydrogen (secondary N) is 2. The molecule has 3 aromatic heterocycles. The number of hydrogen-bond donors (Lipinski definition) is 2. The van der Waals surface area contributed by atoms with E-state index in [1.54, 1.807) is 17.5 Å². The van der Waals surface area contributed by atoms with Gasteiger partial charge < -0.3 is 5.32 Å². The number of H-pyrrole nitrogens is 1.